The molecule has 2 N–H and O–H groups in total. The van der Waals surface area contributed by atoms with E-state index in [1.165, 1.54) is 0 Å². The van der Waals surface area contributed by atoms with Crippen LogP contribution in [-0.4, -0.2) is 25.3 Å². The zero-order valence-corrected chi connectivity index (χ0v) is 10.7. The third-order valence-corrected chi connectivity index (χ3v) is 3.35. The molecule has 0 aromatic heterocycles. The van der Waals surface area contributed by atoms with Crippen molar-refractivity contribution in [2.45, 2.75) is 26.0 Å². The van der Waals surface area contributed by atoms with Crippen LogP contribution in [0.15, 0.2) is 30.3 Å². The van der Waals surface area contributed by atoms with Crippen LogP contribution in [0.5, 0.6) is 0 Å². The van der Waals surface area contributed by atoms with Gasteiger partial charge in [-0.3, -0.25) is 0 Å². The van der Waals surface area contributed by atoms with E-state index in [1.54, 1.807) is 0 Å². The molecule has 1 heterocycles. The molecule has 1 aliphatic rings. The number of carbonyl (C=O) groups excluding carboxylic acids is 1. The Bertz CT molecular complexity index is 381. The summed E-state index contributed by atoms with van der Waals surface area (Å²) < 4.78 is 5.46. The molecule has 18 heavy (non-hydrogen) atoms. The number of amides is 2. The fraction of sp³-hybridized carbons (Fsp3) is 0.500. The summed E-state index contributed by atoms with van der Waals surface area (Å²) in [4.78, 5) is 11.6. The molecule has 2 rings (SSSR count). The molecule has 1 aliphatic heterocycles. The fourth-order valence-electron chi connectivity index (χ4n) is 2.11. The Kier molecular flexibility index (Phi) is 4.59. The molecule has 0 bridgehead atoms. The lowest BCUT2D eigenvalue weighted by Crippen LogP contribution is -2.39. The number of benzene rings is 1. The van der Waals surface area contributed by atoms with Crippen LogP contribution in [0.1, 0.15) is 18.9 Å². The number of urea groups is 1. The predicted molar refractivity (Wildman–Crippen MR) is 70.2 cm³/mol. The van der Waals surface area contributed by atoms with Crippen molar-refractivity contribution in [3.05, 3.63) is 35.9 Å². The van der Waals surface area contributed by atoms with Crippen molar-refractivity contribution in [1.82, 2.24) is 10.6 Å². The first-order valence-corrected chi connectivity index (χ1v) is 6.43. The maximum atomic E-state index is 11.6. The Morgan fingerprint density at radius 3 is 2.78 bits per heavy atom. The van der Waals surface area contributed by atoms with Gasteiger partial charge in [-0.1, -0.05) is 30.3 Å². The van der Waals surface area contributed by atoms with Crippen LogP contribution >= 0.6 is 0 Å². The molecule has 1 saturated heterocycles. The minimum atomic E-state index is -0.113. The molecule has 1 fully saturated rings. The van der Waals surface area contributed by atoms with Gasteiger partial charge in [-0.05, 0) is 18.9 Å². The van der Waals surface area contributed by atoms with Gasteiger partial charge in [0.1, 0.15) is 0 Å². The summed E-state index contributed by atoms with van der Waals surface area (Å²) in [5.41, 5.74) is 1.10. The Morgan fingerprint density at radius 1 is 1.33 bits per heavy atom. The average Bonchev–Trinajstić information content (AvgIpc) is 2.81. The molecule has 0 aliphatic carbocycles. The van der Waals surface area contributed by atoms with E-state index in [-0.39, 0.29) is 12.1 Å². The van der Waals surface area contributed by atoms with E-state index in [0.717, 1.165) is 18.6 Å². The van der Waals surface area contributed by atoms with Crippen molar-refractivity contribution < 1.29 is 9.53 Å². The predicted octanol–water partition coefficient (Wildman–Crippen LogP) is 1.91. The quantitative estimate of drug-likeness (QED) is 0.855. The number of hydrogen-bond acceptors (Lipinski definition) is 2. The van der Waals surface area contributed by atoms with Gasteiger partial charge in [0.15, 0.2) is 0 Å². The van der Waals surface area contributed by atoms with Crippen LogP contribution in [0, 0.1) is 5.92 Å². The smallest absolute Gasteiger partial charge is 0.315 e. The zero-order valence-electron chi connectivity index (χ0n) is 10.7. The molecule has 2 amide bonds. The highest BCUT2D eigenvalue weighted by atomic mass is 16.5. The number of nitrogens with one attached hydrogen (secondary N) is 2. The topological polar surface area (TPSA) is 50.4 Å². The summed E-state index contributed by atoms with van der Waals surface area (Å²) in [5, 5.41) is 5.74. The van der Waals surface area contributed by atoms with E-state index in [4.69, 9.17) is 4.74 Å². The summed E-state index contributed by atoms with van der Waals surface area (Å²) in [6.07, 6.45) is 1.28. The lowest BCUT2D eigenvalue weighted by molar-refractivity contribution is 0.106. The first kappa shape index (κ1) is 12.9. The summed E-state index contributed by atoms with van der Waals surface area (Å²) in [6, 6.07) is 9.77. The summed E-state index contributed by atoms with van der Waals surface area (Å²) >= 11 is 0. The molecule has 1 aromatic rings. The van der Waals surface area contributed by atoms with Crippen molar-refractivity contribution in [3.63, 3.8) is 0 Å². The maximum Gasteiger partial charge on any atom is 0.315 e. The normalized spacial score (nSPS) is 22.7. The van der Waals surface area contributed by atoms with Gasteiger partial charge < -0.3 is 15.4 Å². The van der Waals surface area contributed by atoms with Crippen LogP contribution in [0.3, 0.4) is 0 Å². The monoisotopic (exact) mass is 248 g/mol. The van der Waals surface area contributed by atoms with E-state index >= 15 is 0 Å². The van der Waals surface area contributed by atoms with Crippen LogP contribution < -0.4 is 10.6 Å². The van der Waals surface area contributed by atoms with Crippen molar-refractivity contribution in [2.75, 3.05) is 13.2 Å². The molecule has 0 radical (unpaired) electrons. The van der Waals surface area contributed by atoms with Gasteiger partial charge in [-0.25, -0.2) is 4.79 Å². The number of ether oxygens (including phenoxy) is 1. The molecule has 0 saturated carbocycles. The van der Waals surface area contributed by atoms with Crippen molar-refractivity contribution in [3.8, 4) is 0 Å². The van der Waals surface area contributed by atoms with Gasteiger partial charge in [-0.15, -0.1) is 0 Å². The minimum absolute atomic E-state index is 0.113. The molecular weight excluding hydrogens is 228 g/mol. The second-order valence-electron chi connectivity index (χ2n) is 4.67. The fourth-order valence-corrected chi connectivity index (χ4v) is 2.11. The second kappa shape index (κ2) is 6.40. The highest BCUT2D eigenvalue weighted by Gasteiger charge is 2.24. The Hall–Kier alpha value is -1.55. The van der Waals surface area contributed by atoms with Gasteiger partial charge in [0, 0.05) is 25.6 Å². The molecule has 2 atom stereocenters. The van der Waals surface area contributed by atoms with E-state index in [1.807, 2.05) is 30.3 Å². The van der Waals surface area contributed by atoms with Crippen LogP contribution in [-0.2, 0) is 11.3 Å². The first-order chi connectivity index (χ1) is 8.75. The average molecular weight is 248 g/mol. The van der Waals surface area contributed by atoms with Crippen molar-refractivity contribution in [2.24, 2.45) is 5.92 Å². The lowest BCUT2D eigenvalue weighted by atomic mass is 10.0. The Balaban J connectivity index is 1.66. The third-order valence-electron chi connectivity index (χ3n) is 3.35. The summed E-state index contributed by atoms with van der Waals surface area (Å²) in [7, 11) is 0. The van der Waals surface area contributed by atoms with E-state index in [2.05, 4.69) is 17.6 Å². The second-order valence-corrected chi connectivity index (χ2v) is 4.67. The van der Waals surface area contributed by atoms with Gasteiger partial charge in [0.05, 0.1) is 6.10 Å². The highest BCUT2D eigenvalue weighted by Crippen LogP contribution is 2.19. The standard InChI is InChI=1S/C14H20N2O2/c1-11-13(7-8-18-11)10-16-14(17)15-9-12-5-3-2-4-6-12/h2-6,11,13H,7-10H2,1H3,(H2,15,16,17). The first-order valence-electron chi connectivity index (χ1n) is 6.43. The number of carbonyl (C=O) groups is 1. The van der Waals surface area contributed by atoms with E-state index < -0.39 is 0 Å². The Morgan fingerprint density at radius 2 is 2.11 bits per heavy atom. The minimum Gasteiger partial charge on any atom is -0.378 e. The van der Waals surface area contributed by atoms with Crippen molar-refractivity contribution in [1.29, 1.82) is 0 Å². The lowest BCUT2D eigenvalue weighted by Gasteiger charge is -2.15. The van der Waals surface area contributed by atoms with Crippen LogP contribution in [0.4, 0.5) is 4.79 Å². The van der Waals surface area contributed by atoms with E-state index in [0.29, 0.717) is 19.0 Å². The highest BCUT2D eigenvalue weighted by molar-refractivity contribution is 5.73. The molecule has 98 valence electrons. The van der Waals surface area contributed by atoms with Crippen LogP contribution in [0.2, 0.25) is 0 Å². The zero-order chi connectivity index (χ0) is 12.8. The Labute approximate surface area is 108 Å². The van der Waals surface area contributed by atoms with Gasteiger partial charge in [0.2, 0.25) is 0 Å². The SMILES string of the molecule is CC1OCCC1CNC(=O)NCc1ccccc1. The van der Waals surface area contributed by atoms with Gasteiger partial charge >= 0.3 is 6.03 Å². The molecule has 4 nitrogen and oxygen atoms in total. The molecular formula is C14H20N2O2. The number of rotatable bonds is 4. The summed E-state index contributed by atoms with van der Waals surface area (Å²) in [6.45, 7) is 4.10. The van der Waals surface area contributed by atoms with Crippen LogP contribution in [0.25, 0.3) is 0 Å². The number of hydrogen-bond donors (Lipinski definition) is 2. The van der Waals surface area contributed by atoms with Gasteiger partial charge in [-0.2, -0.15) is 0 Å². The third kappa shape index (κ3) is 3.74. The molecule has 2 unspecified atom stereocenters. The maximum absolute atomic E-state index is 11.6. The molecule has 1 aromatic carbocycles. The van der Waals surface area contributed by atoms with Crippen molar-refractivity contribution >= 4 is 6.03 Å². The van der Waals surface area contributed by atoms with Gasteiger partial charge in [0.25, 0.3) is 0 Å². The van der Waals surface area contributed by atoms with E-state index in [9.17, 15) is 4.79 Å². The molecule has 4 heteroatoms. The largest absolute Gasteiger partial charge is 0.378 e. The summed E-state index contributed by atoms with van der Waals surface area (Å²) in [5.74, 6) is 0.437. The molecule has 0 spiro atoms.